The van der Waals surface area contributed by atoms with Gasteiger partial charge in [0.05, 0.1) is 18.2 Å². The average Bonchev–Trinajstić information content (AvgIpc) is 3.38. The molecule has 7 N–H and O–H groups in total. The highest BCUT2D eigenvalue weighted by Crippen LogP contribution is 2.79. The summed E-state index contributed by atoms with van der Waals surface area (Å²) >= 11 is 0. The average molecular weight is 567 g/mol. The van der Waals surface area contributed by atoms with Crippen molar-refractivity contribution in [2.75, 3.05) is 7.11 Å². The van der Waals surface area contributed by atoms with Gasteiger partial charge in [-0.1, -0.05) is 32.9 Å². The maximum atomic E-state index is 14.1. The van der Waals surface area contributed by atoms with Crippen molar-refractivity contribution in [2.24, 2.45) is 47.4 Å². The molecule has 5 atom stereocenters. The van der Waals surface area contributed by atoms with E-state index in [9.17, 15) is 4.79 Å². The first-order chi connectivity index (χ1) is 19.5. The van der Waals surface area contributed by atoms with Crippen molar-refractivity contribution in [1.82, 2.24) is 20.3 Å². The molecule has 3 fully saturated rings. The van der Waals surface area contributed by atoms with E-state index in [2.05, 4.69) is 46.3 Å². The highest BCUT2D eigenvalue weighted by molar-refractivity contribution is 6.01. The van der Waals surface area contributed by atoms with Gasteiger partial charge in [-0.05, 0) is 36.7 Å². The summed E-state index contributed by atoms with van der Waals surface area (Å²) in [6, 6.07) is 1.77. The monoisotopic (exact) mass is 566 g/mol. The van der Waals surface area contributed by atoms with Crippen LogP contribution in [-0.4, -0.2) is 51.0 Å². The van der Waals surface area contributed by atoms with Gasteiger partial charge in [0.2, 0.25) is 11.2 Å². The number of rotatable bonds is 13. The molecular weight excluding hydrogens is 532 g/mol. The first-order valence-corrected chi connectivity index (χ1v) is 13.0. The molecule has 3 aliphatic rings. The number of nitrogens with zero attached hydrogens (tertiary/aromatic N) is 9. The standard InChI is InChI=1S/C23H34N16O2/c1-6-8-39-15-10-16(41-5)12(9-14(15)32-38-39)18(40)30-21(33-25)17(31-24)13-11-20(7-2,19(13,3)4)22(21,34-26)23(35-27,36-28)37-29/h9-10,13,17,24-29H,6-8,11H2,1-5H3,(H,30,40). The molecule has 1 aromatic heterocycles. The molecule has 0 saturated heterocycles. The van der Waals surface area contributed by atoms with E-state index in [-0.39, 0.29) is 24.2 Å². The molecule has 5 rings (SSSR count). The zero-order chi connectivity index (χ0) is 30.4. The molecular formula is C23H34N16O2. The number of benzene rings is 1. The Kier molecular flexibility index (Phi) is 7.08. The second-order valence-electron chi connectivity index (χ2n) is 11.0. The van der Waals surface area contributed by atoms with Crippen molar-refractivity contribution in [2.45, 2.75) is 76.5 Å². The number of hydrogen-bond donors (Lipinski definition) is 7. The number of aromatic nitrogens is 3. The molecule has 3 saturated carbocycles. The summed E-state index contributed by atoms with van der Waals surface area (Å²) in [5, 5.41) is 32.8. The molecule has 18 heteroatoms. The zero-order valence-electron chi connectivity index (χ0n) is 23.5. The summed E-state index contributed by atoms with van der Waals surface area (Å²) in [6.07, 6.45) is 1.33. The SMILES string of the molecule is CCCn1nnc2cc(C(=O)NC3(N=N)C(N=N)C4CC(CC)(C4(C)C)C3(N=N)C(N=N)(N=N)N=N)c(OC)cc21. The Balaban J connectivity index is 2.02. The molecule has 41 heavy (non-hydrogen) atoms. The molecule has 18 nitrogen and oxygen atoms in total. The molecule has 0 spiro atoms. The van der Waals surface area contributed by atoms with Gasteiger partial charge in [0.25, 0.3) is 5.91 Å². The van der Waals surface area contributed by atoms with E-state index >= 15 is 0 Å². The fourth-order valence-corrected chi connectivity index (χ4v) is 7.61. The highest BCUT2D eigenvalue weighted by atomic mass is 16.5. The Bertz CT molecular complexity index is 1430. The smallest absolute Gasteiger partial charge is 0.329 e. The van der Waals surface area contributed by atoms with Gasteiger partial charge in [-0.15, -0.1) is 20.4 Å². The van der Waals surface area contributed by atoms with E-state index in [4.69, 9.17) is 37.9 Å². The predicted octanol–water partition coefficient (Wildman–Crippen LogP) is 5.68. The molecule has 2 aromatic rings. The zero-order valence-corrected chi connectivity index (χ0v) is 23.5. The number of fused-ring (bicyclic) bond motifs is 3. The predicted molar refractivity (Wildman–Crippen MR) is 139 cm³/mol. The maximum absolute atomic E-state index is 14.1. The van der Waals surface area contributed by atoms with E-state index in [0.717, 1.165) is 6.42 Å². The minimum atomic E-state index is -2.72. The van der Waals surface area contributed by atoms with Crippen molar-refractivity contribution in [3.05, 3.63) is 17.7 Å². The molecule has 1 amide bonds. The summed E-state index contributed by atoms with van der Waals surface area (Å²) < 4.78 is 7.20. The van der Waals surface area contributed by atoms with Crippen molar-refractivity contribution >= 4 is 16.9 Å². The van der Waals surface area contributed by atoms with Gasteiger partial charge in [0, 0.05) is 18.0 Å². The summed E-state index contributed by atoms with van der Waals surface area (Å²) in [6.45, 7) is 8.10. The van der Waals surface area contributed by atoms with Gasteiger partial charge in [-0.3, -0.25) is 4.79 Å². The number of ether oxygens (including phenoxy) is 1. The van der Waals surface area contributed by atoms with Crippen LogP contribution in [0.1, 0.15) is 57.3 Å². The molecule has 3 aliphatic carbocycles. The van der Waals surface area contributed by atoms with E-state index in [1.807, 2.05) is 20.8 Å². The summed E-state index contributed by atoms with van der Waals surface area (Å²) in [5.41, 5.74) is 43.4. The quantitative estimate of drug-likeness (QED) is 0.150. The van der Waals surface area contributed by atoms with Gasteiger partial charge in [-0.2, -0.15) is 15.3 Å². The van der Waals surface area contributed by atoms with Crippen LogP contribution in [-0.2, 0) is 6.54 Å². The number of hydrogen-bond acceptors (Lipinski definition) is 16. The lowest BCUT2D eigenvalue weighted by molar-refractivity contribution is -0.275. The van der Waals surface area contributed by atoms with Crippen LogP contribution in [0.4, 0.5) is 0 Å². The van der Waals surface area contributed by atoms with Crippen molar-refractivity contribution in [3.8, 4) is 5.75 Å². The van der Waals surface area contributed by atoms with Crippen molar-refractivity contribution in [3.63, 3.8) is 0 Å². The second kappa shape index (κ2) is 9.84. The minimum Gasteiger partial charge on any atom is -0.496 e. The van der Waals surface area contributed by atoms with Crippen LogP contribution in [0, 0.1) is 49.9 Å². The third-order valence-corrected chi connectivity index (χ3v) is 9.64. The number of carbonyl (C=O) groups is 1. The van der Waals surface area contributed by atoms with E-state index in [0.29, 0.717) is 17.6 Å². The minimum absolute atomic E-state index is 0.0164. The van der Waals surface area contributed by atoms with Gasteiger partial charge in [-0.25, -0.2) is 37.9 Å². The Morgan fingerprint density at radius 3 is 2.24 bits per heavy atom. The van der Waals surface area contributed by atoms with Gasteiger partial charge in [0.1, 0.15) is 17.3 Å². The Morgan fingerprint density at radius 1 is 1.12 bits per heavy atom. The molecule has 1 heterocycles. The maximum Gasteiger partial charge on any atom is 0.329 e. The van der Waals surface area contributed by atoms with Gasteiger partial charge < -0.3 is 10.1 Å². The molecule has 5 unspecified atom stereocenters. The summed E-state index contributed by atoms with van der Waals surface area (Å²) in [5.74, 6) is -3.83. The number of nitrogens with one attached hydrogen (secondary N) is 7. The van der Waals surface area contributed by atoms with Gasteiger partial charge in [0.15, 0.2) is 0 Å². The lowest BCUT2D eigenvalue weighted by Gasteiger charge is -2.77. The molecule has 1 aromatic carbocycles. The first kappa shape index (κ1) is 29.5. The molecule has 2 bridgehead atoms. The number of amides is 1. The fourth-order valence-electron chi connectivity index (χ4n) is 7.61. The Hall–Kier alpha value is -4.51. The van der Waals surface area contributed by atoms with Crippen LogP contribution in [0.15, 0.2) is 42.8 Å². The van der Waals surface area contributed by atoms with E-state index in [1.54, 1.807) is 17.7 Å². The van der Waals surface area contributed by atoms with E-state index < -0.39 is 45.7 Å². The molecule has 218 valence electrons. The number of aryl methyl sites for hydroxylation is 1. The van der Waals surface area contributed by atoms with Crippen LogP contribution in [0.5, 0.6) is 5.75 Å². The number of methoxy groups -OCH3 is 1. The first-order valence-electron chi connectivity index (χ1n) is 13.0. The van der Waals surface area contributed by atoms with Gasteiger partial charge >= 0.3 is 5.79 Å². The topological polar surface area (TPSA) is 286 Å². The van der Waals surface area contributed by atoms with Crippen LogP contribution < -0.4 is 10.1 Å². The lowest BCUT2D eigenvalue weighted by Crippen LogP contribution is -2.90. The summed E-state index contributed by atoms with van der Waals surface area (Å²) in [7, 11) is 1.38. The third kappa shape index (κ3) is 3.20. The van der Waals surface area contributed by atoms with Crippen molar-refractivity contribution in [1.29, 1.82) is 33.2 Å². The molecule has 0 aliphatic heterocycles. The van der Waals surface area contributed by atoms with E-state index in [1.165, 1.54) is 13.2 Å². The third-order valence-electron chi connectivity index (χ3n) is 9.64. The van der Waals surface area contributed by atoms with Crippen LogP contribution >= 0.6 is 0 Å². The van der Waals surface area contributed by atoms with Crippen LogP contribution in [0.3, 0.4) is 0 Å². The normalized spacial score (nSPS) is 31.1. The van der Waals surface area contributed by atoms with Crippen LogP contribution in [0.25, 0.3) is 11.0 Å². The Labute approximate surface area is 234 Å². The Morgan fingerprint density at radius 2 is 1.78 bits per heavy atom. The summed E-state index contributed by atoms with van der Waals surface area (Å²) in [4.78, 5) is 14.1. The molecule has 0 radical (unpaired) electrons. The second-order valence-corrected chi connectivity index (χ2v) is 11.0. The highest BCUT2D eigenvalue weighted by Gasteiger charge is 2.90. The largest absolute Gasteiger partial charge is 0.496 e. The number of carbonyl (C=O) groups excluding carboxylic acids is 1. The lowest BCUT2D eigenvalue weighted by atomic mass is 9.29. The fraction of sp³-hybridized carbons (Fsp3) is 0.696. The van der Waals surface area contributed by atoms with Crippen LogP contribution in [0.2, 0.25) is 0 Å². The van der Waals surface area contributed by atoms with Crippen molar-refractivity contribution < 1.29 is 9.53 Å².